The zero-order valence-electron chi connectivity index (χ0n) is 8.76. The third-order valence-electron chi connectivity index (χ3n) is 2.42. The Balaban J connectivity index is 2.24. The van der Waals surface area contributed by atoms with Crippen molar-refractivity contribution in [3.05, 3.63) is 0 Å². The number of nitrogens with zero attached hydrogens (tertiary/aromatic N) is 1. The first-order valence-electron chi connectivity index (χ1n) is 5.01. The first-order valence-corrected chi connectivity index (χ1v) is 5.01. The molecule has 1 aliphatic rings. The van der Waals surface area contributed by atoms with Gasteiger partial charge in [0.15, 0.2) is 0 Å². The van der Waals surface area contributed by atoms with E-state index in [0.29, 0.717) is 13.1 Å². The fourth-order valence-corrected chi connectivity index (χ4v) is 1.81. The maximum Gasteiger partial charge on any atom is 0.401 e. The van der Waals surface area contributed by atoms with Crippen molar-refractivity contribution in [3.63, 3.8) is 0 Å². The molecule has 90 valence electrons. The van der Waals surface area contributed by atoms with Gasteiger partial charge >= 0.3 is 6.18 Å². The summed E-state index contributed by atoms with van der Waals surface area (Å²) in [5.41, 5.74) is 5.41. The summed E-state index contributed by atoms with van der Waals surface area (Å²) in [6.45, 7) is -0.129. The highest BCUT2D eigenvalue weighted by atomic mass is 19.4. The summed E-state index contributed by atoms with van der Waals surface area (Å²) in [5, 5.41) is 0. The SMILES string of the molecule is CN(CC1CCC(CN)O1)CC(F)(F)F. The summed E-state index contributed by atoms with van der Waals surface area (Å²) in [6, 6.07) is 0. The fraction of sp³-hybridized carbons (Fsp3) is 1.00. The first kappa shape index (κ1) is 12.7. The van der Waals surface area contributed by atoms with Gasteiger partial charge in [-0.05, 0) is 19.9 Å². The Hall–Kier alpha value is -0.330. The normalized spacial score (nSPS) is 27.6. The van der Waals surface area contributed by atoms with Gasteiger partial charge in [-0.1, -0.05) is 0 Å². The highest BCUT2D eigenvalue weighted by Gasteiger charge is 2.31. The Morgan fingerprint density at radius 3 is 2.40 bits per heavy atom. The van der Waals surface area contributed by atoms with Gasteiger partial charge in [-0.15, -0.1) is 0 Å². The van der Waals surface area contributed by atoms with Gasteiger partial charge in [-0.2, -0.15) is 13.2 Å². The second-order valence-corrected chi connectivity index (χ2v) is 4.01. The molecule has 0 amide bonds. The summed E-state index contributed by atoms with van der Waals surface area (Å²) in [5.74, 6) is 0. The second kappa shape index (κ2) is 5.14. The number of likely N-dealkylation sites (N-methyl/N-ethyl adjacent to an activating group) is 1. The molecule has 0 saturated carbocycles. The molecule has 2 unspecified atom stereocenters. The van der Waals surface area contributed by atoms with Crippen molar-refractivity contribution in [3.8, 4) is 0 Å². The second-order valence-electron chi connectivity index (χ2n) is 4.01. The molecule has 1 heterocycles. The average molecular weight is 226 g/mol. The van der Waals surface area contributed by atoms with E-state index in [-0.39, 0.29) is 12.2 Å². The summed E-state index contributed by atoms with van der Waals surface area (Å²) >= 11 is 0. The fourth-order valence-electron chi connectivity index (χ4n) is 1.81. The van der Waals surface area contributed by atoms with Crippen molar-refractivity contribution in [2.75, 3.05) is 26.7 Å². The molecule has 0 radical (unpaired) electrons. The van der Waals surface area contributed by atoms with E-state index in [1.165, 1.54) is 11.9 Å². The maximum absolute atomic E-state index is 12.0. The van der Waals surface area contributed by atoms with Gasteiger partial charge in [0.05, 0.1) is 18.8 Å². The third-order valence-corrected chi connectivity index (χ3v) is 2.42. The predicted molar refractivity (Wildman–Crippen MR) is 50.5 cm³/mol. The van der Waals surface area contributed by atoms with Crippen LogP contribution in [-0.2, 0) is 4.74 Å². The number of nitrogens with two attached hydrogens (primary N) is 1. The monoisotopic (exact) mass is 226 g/mol. The van der Waals surface area contributed by atoms with E-state index in [9.17, 15) is 13.2 Å². The number of hydrogen-bond donors (Lipinski definition) is 1. The van der Waals surface area contributed by atoms with E-state index in [1.807, 2.05) is 0 Å². The standard InChI is InChI=1S/C9H17F3N2O/c1-14(6-9(10,11)12)5-8-3-2-7(4-13)15-8/h7-8H,2-6,13H2,1H3. The summed E-state index contributed by atoms with van der Waals surface area (Å²) in [6.07, 6.45) is -2.58. The zero-order chi connectivity index (χ0) is 11.5. The van der Waals surface area contributed by atoms with Crippen LogP contribution in [0.5, 0.6) is 0 Å². The molecular weight excluding hydrogens is 209 g/mol. The van der Waals surface area contributed by atoms with Gasteiger partial charge in [-0.25, -0.2) is 0 Å². The van der Waals surface area contributed by atoms with Crippen LogP contribution in [0.15, 0.2) is 0 Å². The number of hydrogen-bond acceptors (Lipinski definition) is 3. The van der Waals surface area contributed by atoms with Crippen LogP contribution in [0.1, 0.15) is 12.8 Å². The minimum atomic E-state index is -4.14. The largest absolute Gasteiger partial charge is 0.401 e. The first-order chi connectivity index (χ1) is 6.90. The molecule has 1 aliphatic heterocycles. The lowest BCUT2D eigenvalue weighted by Gasteiger charge is -2.22. The van der Waals surface area contributed by atoms with Gasteiger partial charge < -0.3 is 10.5 Å². The lowest BCUT2D eigenvalue weighted by molar-refractivity contribution is -0.145. The van der Waals surface area contributed by atoms with Crippen LogP contribution in [0, 0.1) is 0 Å². The molecule has 0 aromatic heterocycles. The number of rotatable bonds is 4. The van der Waals surface area contributed by atoms with Crippen molar-refractivity contribution in [1.82, 2.24) is 4.90 Å². The molecule has 3 nitrogen and oxygen atoms in total. The molecule has 0 aromatic carbocycles. The molecule has 0 bridgehead atoms. The third kappa shape index (κ3) is 4.81. The summed E-state index contributed by atoms with van der Waals surface area (Å²) in [7, 11) is 1.45. The van der Waals surface area contributed by atoms with Crippen LogP contribution in [0.3, 0.4) is 0 Å². The Kier molecular flexibility index (Phi) is 4.36. The van der Waals surface area contributed by atoms with E-state index < -0.39 is 12.7 Å². The van der Waals surface area contributed by atoms with Crippen LogP contribution in [0.2, 0.25) is 0 Å². The lowest BCUT2D eigenvalue weighted by atomic mass is 10.2. The number of halogens is 3. The van der Waals surface area contributed by atoms with E-state index in [2.05, 4.69) is 0 Å². The molecule has 15 heavy (non-hydrogen) atoms. The molecule has 0 spiro atoms. The van der Waals surface area contributed by atoms with Crippen molar-refractivity contribution < 1.29 is 17.9 Å². The van der Waals surface area contributed by atoms with Crippen LogP contribution in [0.4, 0.5) is 13.2 Å². The van der Waals surface area contributed by atoms with Crippen LogP contribution in [0.25, 0.3) is 0 Å². The maximum atomic E-state index is 12.0. The zero-order valence-corrected chi connectivity index (χ0v) is 8.76. The minimum Gasteiger partial charge on any atom is -0.372 e. The van der Waals surface area contributed by atoms with Crippen LogP contribution in [-0.4, -0.2) is 50.0 Å². The molecule has 1 saturated heterocycles. The van der Waals surface area contributed by atoms with Gasteiger partial charge in [0, 0.05) is 13.1 Å². The molecule has 2 atom stereocenters. The topological polar surface area (TPSA) is 38.5 Å². The molecule has 6 heteroatoms. The van der Waals surface area contributed by atoms with Gasteiger partial charge in [-0.3, -0.25) is 4.90 Å². The molecule has 1 rings (SSSR count). The Bertz CT molecular complexity index is 198. The highest BCUT2D eigenvalue weighted by molar-refractivity contribution is 4.76. The quantitative estimate of drug-likeness (QED) is 0.776. The smallest absolute Gasteiger partial charge is 0.372 e. The summed E-state index contributed by atoms with van der Waals surface area (Å²) < 4.78 is 41.5. The van der Waals surface area contributed by atoms with E-state index in [4.69, 9.17) is 10.5 Å². The molecule has 0 aliphatic carbocycles. The molecule has 1 fully saturated rings. The molecule has 0 aromatic rings. The van der Waals surface area contributed by atoms with Crippen LogP contribution < -0.4 is 5.73 Å². The highest BCUT2D eigenvalue weighted by Crippen LogP contribution is 2.21. The average Bonchev–Trinajstić information content (AvgIpc) is 2.48. The van der Waals surface area contributed by atoms with Crippen molar-refractivity contribution in [1.29, 1.82) is 0 Å². The van der Waals surface area contributed by atoms with E-state index in [0.717, 1.165) is 12.8 Å². The van der Waals surface area contributed by atoms with Crippen LogP contribution >= 0.6 is 0 Å². The van der Waals surface area contributed by atoms with E-state index >= 15 is 0 Å². The van der Waals surface area contributed by atoms with Gasteiger partial charge in [0.2, 0.25) is 0 Å². The lowest BCUT2D eigenvalue weighted by Crippen LogP contribution is -2.36. The number of alkyl halides is 3. The summed E-state index contributed by atoms with van der Waals surface area (Å²) in [4.78, 5) is 1.24. The van der Waals surface area contributed by atoms with Gasteiger partial charge in [0.1, 0.15) is 0 Å². The van der Waals surface area contributed by atoms with Crippen molar-refractivity contribution in [2.45, 2.75) is 31.2 Å². The number of ether oxygens (including phenoxy) is 1. The Labute approximate surface area is 87.4 Å². The minimum absolute atomic E-state index is 0.0225. The predicted octanol–water partition coefficient (Wildman–Crippen LogP) is 0.987. The van der Waals surface area contributed by atoms with Gasteiger partial charge in [0.25, 0.3) is 0 Å². The Morgan fingerprint density at radius 2 is 1.93 bits per heavy atom. The van der Waals surface area contributed by atoms with Crippen molar-refractivity contribution >= 4 is 0 Å². The Morgan fingerprint density at radius 1 is 1.33 bits per heavy atom. The van der Waals surface area contributed by atoms with Crippen molar-refractivity contribution in [2.24, 2.45) is 5.73 Å². The van der Waals surface area contributed by atoms with E-state index in [1.54, 1.807) is 0 Å². The molecule has 2 N–H and O–H groups in total. The molecular formula is C9H17F3N2O.